The third-order valence-corrected chi connectivity index (χ3v) is 5.64. The molecule has 0 unspecified atom stereocenters. The Balaban J connectivity index is 1.49. The van der Waals surface area contributed by atoms with Crippen LogP contribution in [-0.4, -0.2) is 46.5 Å². The van der Waals surface area contributed by atoms with E-state index in [-0.39, 0.29) is 10.9 Å². The Morgan fingerprint density at radius 1 is 1.13 bits per heavy atom. The second-order valence-corrected chi connectivity index (χ2v) is 7.55. The van der Waals surface area contributed by atoms with Crippen molar-refractivity contribution in [3.8, 4) is 0 Å². The number of carbonyl (C=O) groups is 1. The number of aryl methyl sites for hydroxylation is 1. The number of hydrogen-bond acceptors (Lipinski definition) is 3. The second kappa shape index (κ2) is 7.83. The largest absolute Gasteiger partial charge is 0.417 e. The molecule has 0 bridgehead atoms. The van der Waals surface area contributed by atoms with E-state index >= 15 is 0 Å². The molecule has 0 spiro atoms. The average molecular weight is 437 g/mol. The second-order valence-electron chi connectivity index (χ2n) is 7.14. The minimum atomic E-state index is -4.49. The fourth-order valence-electron chi connectivity index (χ4n) is 3.83. The van der Waals surface area contributed by atoms with E-state index in [4.69, 9.17) is 11.6 Å². The maximum absolute atomic E-state index is 13.1. The normalized spacial score (nSPS) is 15.1. The summed E-state index contributed by atoms with van der Waals surface area (Å²) in [5.74, 6) is 0.249. The van der Waals surface area contributed by atoms with Crippen LogP contribution in [0.25, 0.3) is 10.9 Å². The van der Waals surface area contributed by atoms with Crippen LogP contribution >= 0.6 is 11.6 Å². The van der Waals surface area contributed by atoms with E-state index in [0.717, 1.165) is 23.2 Å². The van der Waals surface area contributed by atoms with Crippen molar-refractivity contribution < 1.29 is 18.0 Å². The zero-order valence-electron chi connectivity index (χ0n) is 16.3. The number of anilines is 1. The molecule has 158 valence electrons. The van der Waals surface area contributed by atoms with E-state index in [1.807, 2.05) is 46.7 Å². The molecular weight excluding hydrogens is 417 g/mol. The Morgan fingerprint density at radius 3 is 2.47 bits per heavy atom. The van der Waals surface area contributed by atoms with Gasteiger partial charge in [0.25, 0.3) is 5.91 Å². The number of nitrogens with zero attached hydrogens (tertiary/aromatic N) is 4. The molecule has 4 rings (SSSR count). The molecule has 1 aromatic carbocycles. The first-order chi connectivity index (χ1) is 14.3. The number of rotatable bonds is 3. The number of alkyl halides is 3. The van der Waals surface area contributed by atoms with E-state index in [1.54, 1.807) is 4.90 Å². The molecule has 0 radical (unpaired) electrons. The van der Waals surface area contributed by atoms with Gasteiger partial charge in [-0.2, -0.15) is 13.2 Å². The number of carbonyl (C=O) groups excluding carboxylic acids is 1. The van der Waals surface area contributed by atoms with Crippen molar-refractivity contribution in [1.82, 2.24) is 14.5 Å². The summed E-state index contributed by atoms with van der Waals surface area (Å²) in [4.78, 5) is 20.6. The minimum absolute atomic E-state index is 0.0456. The highest BCUT2D eigenvalue weighted by Gasteiger charge is 2.32. The van der Waals surface area contributed by atoms with Gasteiger partial charge in [0.05, 0.1) is 10.6 Å². The van der Waals surface area contributed by atoms with Crippen molar-refractivity contribution in [2.75, 3.05) is 31.1 Å². The summed E-state index contributed by atoms with van der Waals surface area (Å²) in [6.45, 7) is 4.43. The first kappa shape index (κ1) is 20.5. The summed E-state index contributed by atoms with van der Waals surface area (Å²) in [5.41, 5.74) is 0.776. The number of halogens is 4. The summed E-state index contributed by atoms with van der Waals surface area (Å²) in [6, 6.07) is 10.7. The van der Waals surface area contributed by atoms with Crippen LogP contribution in [0.1, 0.15) is 23.0 Å². The minimum Gasteiger partial charge on any atom is -0.352 e. The lowest BCUT2D eigenvalue weighted by Crippen LogP contribution is -2.49. The highest BCUT2D eigenvalue weighted by Crippen LogP contribution is 2.34. The Bertz CT molecular complexity index is 1090. The SMILES string of the molecule is CCn1c(C(=O)N2CCN(c3ncc(C(F)(F)F)cc3Cl)CC2)cc2ccccc21. The monoisotopic (exact) mass is 436 g/mol. The van der Waals surface area contributed by atoms with Gasteiger partial charge in [-0.15, -0.1) is 0 Å². The predicted molar refractivity (Wildman–Crippen MR) is 110 cm³/mol. The lowest BCUT2D eigenvalue weighted by molar-refractivity contribution is -0.137. The number of piperazine rings is 1. The zero-order valence-corrected chi connectivity index (χ0v) is 17.0. The van der Waals surface area contributed by atoms with Crippen LogP contribution in [0, 0.1) is 0 Å². The van der Waals surface area contributed by atoms with E-state index in [0.29, 0.717) is 44.2 Å². The smallest absolute Gasteiger partial charge is 0.352 e. The summed E-state index contributed by atoms with van der Waals surface area (Å²) in [5, 5.41) is 0.970. The average Bonchev–Trinajstić information content (AvgIpc) is 3.11. The molecule has 0 aliphatic carbocycles. The van der Waals surface area contributed by atoms with Crippen LogP contribution in [0.15, 0.2) is 42.6 Å². The van der Waals surface area contributed by atoms with Gasteiger partial charge in [0.1, 0.15) is 11.5 Å². The van der Waals surface area contributed by atoms with Crippen LogP contribution in [-0.2, 0) is 12.7 Å². The number of para-hydroxylation sites is 1. The van der Waals surface area contributed by atoms with Gasteiger partial charge in [0.15, 0.2) is 0 Å². The molecular formula is C21H20ClF3N4O. The summed E-state index contributed by atoms with van der Waals surface area (Å²) < 4.78 is 40.5. The number of hydrogen-bond donors (Lipinski definition) is 0. The van der Waals surface area contributed by atoms with Crippen molar-refractivity contribution in [3.05, 3.63) is 58.9 Å². The third-order valence-electron chi connectivity index (χ3n) is 5.36. The maximum atomic E-state index is 13.1. The van der Waals surface area contributed by atoms with Gasteiger partial charge in [-0.25, -0.2) is 4.98 Å². The number of fused-ring (bicyclic) bond motifs is 1. The fraction of sp³-hybridized carbons (Fsp3) is 0.333. The van der Waals surface area contributed by atoms with Crippen LogP contribution in [0.2, 0.25) is 5.02 Å². The van der Waals surface area contributed by atoms with Gasteiger partial charge < -0.3 is 14.4 Å². The van der Waals surface area contributed by atoms with E-state index in [1.165, 1.54) is 0 Å². The highest BCUT2D eigenvalue weighted by atomic mass is 35.5. The Hall–Kier alpha value is -2.74. The van der Waals surface area contributed by atoms with Gasteiger partial charge in [-0.1, -0.05) is 29.8 Å². The molecule has 5 nitrogen and oxygen atoms in total. The van der Waals surface area contributed by atoms with Gasteiger partial charge in [-0.05, 0) is 25.1 Å². The zero-order chi connectivity index (χ0) is 21.5. The maximum Gasteiger partial charge on any atom is 0.417 e. The molecule has 0 atom stereocenters. The molecule has 1 fully saturated rings. The van der Waals surface area contributed by atoms with Crippen molar-refractivity contribution >= 4 is 34.2 Å². The summed E-state index contributed by atoms with van der Waals surface area (Å²) >= 11 is 6.06. The number of aromatic nitrogens is 2. The molecule has 30 heavy (non-hydrogen) atoms. The molecule has 0 N–H and O–H groups in total. The number of pyridine rings is 1. The summed E-state index contributed by atoms with van der Waals surface area (Å²) in [6.07, 6.45) is -3.70. The number of benzene rings is 1. The van der Waals surface area contributed by atoms with Crippen LogP contribution < -0.4 is 4.90 Å². The van der Waals surface area contributed by atoms with E-state index in [9.17, 15) is 18.0 Å². The highest BCUT2D eigenvalue weighted by molar-refractivity contribution is 6.33. The van der Waals surface area contributed by atoms with Gasteiger partial charge >= 0.3 is 6.18 Å². The Labute approximate surface area is 176 Å². The molecule has 0 saturated carbocycles. The van der Waals surface area contributed by atoms with Gasteiger partial charge in [-0.3, -0.25) is 4.79 Å². The summed E-state index contributed by atoms with van der Waals surface area (Å²) in [7, 11) is 0. The van der Waals surface area contributed by atoms with E-state index < -0.39 is 11.7 Å². The Kier molecular flexibility index (Phi) is 5.36. The molecule has 3 heterocycles. The molecule has 1 aliphatic rings. The molecule has 3 aromatic rings. The first-order valence-electron chi connectivity index (χ1n) is 9.65. The first-order valence-corrected chi connectivity index (χ1v) is 10.0. The van der Waals surface area contributed by atoms with Crippen molar-refractivity contribution in [2.24, 2.45) is 0 Å². The van der Waals surface area contributed by atoms with Gasteiger partial charge in [0, 0.05) is 49.8 Å². The predicted octanol–water partition coefficient (Wildman–Crippen LogP) is 4.69. The molecule has 1 amide bonds. The van der Waals surface area contributed by atoms with Gasteiger partial charge in [0.2, 0.25) is 0 Å². The lowest BCUT2D eigenvalue weighted by atomic mass is 10.2. The van der Waals surface area contributed by atoms with Crippen molar-refractivity contribution in [3.63, 3.8) is 0 Å². The van der Waals surface area contributed by atoms with Crippen molar-refractivity contribution in [2.45, 2.75) is 19.6 Å². The van der Waals surface area contributed by atoms with Crippen LogP contribution in [0.5, 0.6) is 0 Å². The molecule has 2 aromatic heterocycles. The molecule has 9 heteroatoms. The third kappa shape index (κ3) is 3.71. The molecule has 1 saturated heterocycles. The Morgan fingerprint density at radius 2 is 1.83 bits per heavy atom. The standard InChI is InChI=1S/C21H20ClF3N4O/c1-2-29-17-6-4-3-5-14(17)11-18(29)20(30)28-9-7-27(8-10-28)19-16(22)12-15(13-26-19)21(23,24)25/h3-6,11-13H,2,7-10H2,1H3. The lowest BCUT2D eigenvalue weighted by Gasteiger charge is -2.36. The topological polar surface area (TPSA) is 41.4 Å². The van der Waals surface area contributed by atoms with Crippen LogP contribution in [0.3, 0.4) is 0 Å². The van der Waals surface area contributed by atoms with E-state index in [2.05, 4.69) is 4.98 Å². The fourth-order valence-corrected chi connectivity index (χ4v) is 4.12. The van der Waals surface area contributed by atoms with Crippen LogP contribution in [0.4, 0.5) is 19.0 Å². The number of amides is 1. The molecule has 1 aliphatic heterocycles. The van der Waals surface area contributed by atoms with Crippen molar-refractivity contribution in [1.29, 1.82) is 0 Å². The quantitative estimate of drug-likeness (QED) is 0.598.